The highest BCUT2D eigenvalue weighted by atomic mass is 16.5. The first kappa shape index (κ1) is 14.4. The monoisotopic (exact) mass is 261 g/mol. The Morgan fingerprint density at radius 1 is 1.16 bits per heavy atom. The van der Waals surface area contributed by atoms with E-state index >= 15 is 0 Å². The zero-order chi connectivity index (χ0) is 13.8. The number of rotatable bonds is 4. The molecule has 106 valence electrons. The van der Waals surface area contributed by atoms with Crippen LogP contribution in [0.3, 0.4) is 0 Å². The van der Waals surface area contributed by atoms with Crippen LogP contribution in [0.1, 0.15) is 38.7 Å². The van der Waals surface area contributed by atoms with Crippen LogP contribution in [-0.4, -0.2) is 13.2 Å². The fourth-order valence-corrected chi connectivity index (χ4v) is 3.65. The van der Waals surface area contributed by atoms with Crippen molar-refractivity contribution in [3.8, 4) is 5.75 Å². The number of hydrogen-bond donors (Lipinski definition) is 1. The van der Waals surface area contributed by atoms with Gasteiger partial charge in [-0.1, -0.05) is 32.0 Å². The fraction of sp³-hybridized carbons (Fsp3) is 0.647. The molecule has 2 rings (SSSR count). The van der Waals surface area contributed by atoms with Crippen LogP contribution in [0.2, 0.25) is 0 Å². The van der Waals surface area contributed by atoms with Crippen LogP contribution in [0.25, 0.3) is 0 Å². The number of ether oxygens (including phenoxy) is 1. The fourth-order valence-electron chi connectivity index (χ4n) is 3.65. The topological polar surface area (TPSA) is 35.2 Å². The SMILES string of the molecule is COc1ccccc1CC(N)C1CC(C)CC(C)C1. The largest absolute Gasteiger partial charge is 0.496 e. The third-order valence-electron chi connectivity index (χ3n) is 4.47. The van der Waals surface area contributed by atoms with E-state index in [9.17, 15) is 0 Å². The number of methoxy groups -OCH3 is 1. The molecule has 19 heavy (non-hydrogen) atoms. The zero-order valence-corrected chi connectivity index (χ0v) is 12.4. The molecule has 2 nitrogen and oxygen atoms in total. The Labute approximate surface area is 117 Å². The molecule has 3 unspecified atom stereocenters. The van der Waals surface area contributed by atoms with E-state index in [4.69, 9.17) is 10.5 Å². The molecule has 1 aromatic rings. The summed E-state index contributed by atoms with van der Waals surface area (Å²) in [6, 6.07) is 8.49. The van der Waals surface area contributed by atoms with Gasteiger partial charge < -0.3 is 10.5 Å². The van der Waals surface area contributed by atoms with Gasteiger partial charge in [-0.2, -0.15) is 0 Å². The van der Waals surface area contributed by atoms with Gasteiger partial charge in [0.25, 0.3) is 0 Å². The molecule has 0 heterocycles. The second-order valence-electron chi connectivity index (χ2n) is 6.36. The number of para-hydroxylation sites is 1. The van der Waals surface area contributed by atoms with Gasteiger partial charge in [0.05, 0.1) is 7.11 Å². The summed E-state index contributed by atoms with van der Waals surface area (Å²) >= 11 is 0. The molecule has 1 aliphatic carbocycles. The Morgan fingerprint density at radius 3 is 2.42 bits per heavy atom. The lowest BCUT2D eigenvalue weighted by Crippen LogP contribution is -2.37. The molecule has 0 aliphatic heterocycles. The highest BCUT2D eigenvalue weighted by Crippen LogP contribution is 2.35. The summed E-state index contributed by atoms with van der Waals surface area (Å²) in [5, 5.41) is 0. The molecule has 2 N–H and O–H groups in total. The lowest BCUT2D eigenvalue weighted by Gasteiger charge is -2.35. The lowest BCUT2D eigenvalue weighted by molar-refractivity contribution is 0.192. The van der Waals surface area contributed by atoms with E-state index < -0.39 is 0 Å². The molecule has 0 saturated heterocycles. The molecule has 1 fully saturated rings. The second kappa shape index (κ2) is 6.42. The minimum Gasteiger partial charge on any atom is -0.496 e. The summed E-state index contributed by atoms with van der Waals surface area (Å²) in [6.07, 6.45) is 4.84. The average Bonchev–Trinajstić information content (AvgIpc) is 2.38. The van der Waals surface area contributed by atoms with Gasteiger partial charge in [0.2, 0.25) is 0 Å². The Hall–Kier alpha value is -1.02. The van der Waals surface area contributed by atoms with E-state index in [1.807, 2.05) is 12.1 Å². The normalized spacial score (nSPS) is 28.9. The molecule has 0 spiro atoms. The maximum absolute atomic E-state index is 6.47. The van der Waals surface area contributed by atoms with Crippen LogP contribution in [0.15, 0.2) is 24.3 Å². The maximum atomic E-state index is 6.47. The van der Waals surface area contributed by atoms with Gasteiger partial charge in [-0.25, -0.2) is 0 Å². The van der Waals surface area contributed by atoms with Gasteiger partial charge in [-0.3, -0.25) is 0 Å². The number of nitrogens with two attached hydrogens (primary N) is 1. The molecule has 0 radical (unpaired) electrons. The highest BCUT2D eigenvalue weighted by molar-refractivity contribution is 5.33. The van der Waals surface area contributed by atoms with E-state index in [1.54, 1.807) is 7.11 Å². The van der Waals surface area contributed by atoms with E-state index in [0.717, 1.165) is 24.0 Å². The zero-order valence-electron chi connectivity index (χ0n) is 12.4. The van der Waals surface area contributed by atoms with Crippen molar-refractivity contribution >= 4 is 0 Å². The quantitative estimate of drug-likeness (QED) is 0.898. The molecule has 1 saturated carbocycles. The lowest BCUT2D eigenvalue weighted by atomic mass is 9.73. The van der Waals surface area contributed by atoms with Crippen molar-refractivity contribution in [1.82, 2.24) is 0 Å². The van der Waals surface area contributed by atoms with Crippen molar-refractivity contribution in [2.45, 2.75) is 45.6 Å². The van der Waals surface area contributed by atoms with Gasteiger partial charge in [-0.05, 0) is 55.1 Å². The van der Waals surface area contributed by atoms with Crippen LogP contribution in [0.4, 0.5) is 0 Å². The van der Waals surface area contributed by atoms with Crippen LogP contribution in [0, 0.1) is 17.8 Å². The van der Waals surface area contributed by atoms with Gasteiger partial charge in [0.1, 0.15) is 5.75 Å². The highest BCUT2D eigenvalue weighted by Gasteiger charge is 2.28. The average molecular weight is 261 g/mol. The van der Waals surface area contributed by atoms with Gasteiger partial charge in [-0.15, -0.1) is 0 Å². The van der Waals surface area contributed by atoms with Crippen LogP contribution in [-0.2, 0) is 6.42 Å². The first-order valence-electron chi connectivity index (χ1n) is 7.47. The van der Waals surface area contributed by atoms with Crippen LogP contribution in [0.5, 0.6) is 5.75 Å². The van der Waals surface area contributed by atoms with Crippen molar-refractivity contribution in [3.05, 3.63) is 29.8 Å². The third kappa shape index (κ3) is 3.73. The van der Waals surface area contributed by atoms with Crippen LogP contribution < -0.4 is 10.5 Å². The smallest absolute Gasteiger partial charge is 0.122 e. The molecular weight excluding hydrogens is 234 g/mol. The van der Waals surface area contributed by atoms with Gasteiger partial charge in [0, 0.05) is 6.04 Å². The first-order valence-corrected chi connectivity index (χ1v) is 7.47. The molecule has 3 atom stereocenters. The van der Waals surface area contributed by atoms with E-state index in [-0.39, 0.29) is 6.04 Å². The molecule has 1 aromatic carbocycles. The number of benzene rings is 1. The van der Waals surface area contributed by atoms with Crippen molar-refractivity contribution in [3.63, 3.8) is 0 Å². The Kier molecular flexibility index (Phi) is 4.87. The third-order valence-corrected chi connectivity index (χ3v) is 4.47. The second-order valence-corrected chi connectivity index (χ2v) is 6.36. The van der Waals surface area contributed by atoms with E-state index in [0.29, 0.717) is 5.92 Å². The summed E-state index contributed by atoms with van der Waals surface area (Å²) in [6.45, 7) is 4.72. The Bertz CT molecular complexity index is 394. The summed E-state index contributed by atoms with van der Waals surface area (Å²) in [5.74, 6) is 3.26. The van der Waals surface area contributed by atoms with Gasteiger partial charge in [0.15, 0.2) is 0 Å². The van der Waals surface area contributed by atoms with Gasteiger partial charge >= 0.3 is 0 Å². The molecule has 1 aliphatic rings. The molecule has 0 aromatic heterocycles. The van der Waals surface area contributed by atoms with E-state index in [1.165, 1.54) is 24.8 Å². The molecule has 0 amide bonds. The number of hydrogen-bond acceptors (Lipinski definition) is 2. The first-order chi connectivity index (χ1) is 9.10. The Morgan fingerprint density at radius 2 is 1.79 bits per heavy atom. The Balaban J connectivity index is 2.02. The standard InChI is InChI=1S/C17H27NO/c1-12-8-13(2)10-15(9-12)16(18)11-14-6-4-5-7-17(14)19-3/h4-7,12-13,15-16H,8-11,18H2,1-3H3. The summed E-state index contributed by atoms with van der Waals surface area (Å²) < 4.78 is 5.42. The predicted octanol–water partition coefficient (Wildman–Crippen LogP) is 3.64. The minimum atomic E-state index is 0.251. The predicted molar refractivity (Wildman–Crippen MR) is 80.3 cm³/mol. The maximum Gasteiger partial charge on any atom is 0.122 e. The van der Waals surface area contributed by atoms with Crippen molar-refractivity contribution in [2.24, 2.45) is 23.5 Å². The summed E-state index contributed by atoms with van der Waals surface area (Å²) in [7, 11) is 1.73. The minimum absolute atomic E-state index is 0.251. The van der Waals surface area contributed by atoms with Crippen molar-refractivity contribution in [1.29, 1.82) is 0 Å². The summed E-state index contributed by atoms with van der Waals surface area (Å²) in [4.78, 5) is 0. The van der Waals surface area contributed by atoms with E-state index in [2.05, 4.69) is 26.0 Å². The van der Waals surface area contributed by atoms with Crippen molar-refractivity contribution in [2.75, 3.05) is 7.11 Å². The summed E-state index contributed by atoms with van der Waals surface area (Å²) in [5.41, 5.74) is 7.71. The molecule has 0 bridgehead atoms. The molecular formula is C17H27NO. The van der Waals surface area contributed by atoms with Crippen molar-refractivity contribution < 1.29 is 4.74 Å². The molecule has 2 heteroatoms. The van der Waals surface area contributed by atoms with Crippen LogP contribution >= 0.6 is 0 Å².